The van der Waals surface area contributed by atoms with Gasteiger partial charge in [0, 0.05) is 16.1 Å². The third-order valence-electron chi connectivity index (χ3n) is 5.51. The van der Waals surface area contributed by atoms with Crippen molar-refractivity contribution in [2.24, 2.45) is 5.92 Å². The number of fused-ring (bicyclic) bond motifs is 4. The van der Waals surface area contributed by atoms with Crippen LogP contribution in [0.25, 0.3) is 11.3 Å². The number of halogens is 1. The summed E-state index contributed by atoms with van der Waals surface area (Å²) in [4.78, 5) is 11.1. The zero-order valence-corrected chi connectivity index (χ0v) is 13.7. The van der Waals surface area contributed by atoms with Gasteiger partial charge in [0.25, 0.3) is 0 Å². The molecule has 3 nitrogen and oxygen atoms in total. The summed E-state index contributed by atoms with van der Waals surface area (Å²) in [6, 6.07) is 7.91. The van der Waals surface area contributed by atoms with E-state index in [1.807, 2.05) is 0 Å². The van der Waals surface area contributed by atoms with E-state index in [1.165, 1.54) is 45.7 Å². The normalized spacial score (nSPS) is 29.9. The van der Waals surface area contributed by atoms with Crippen LogP contribution in [0.4, 0.5) is 0 Å². The number of nitrogens with zero attached hydrogens (tertiary/aromatic N) is 2. The number of rotatable bonds is 1. The quantitative estimate of drug-likeness (QED) is 0.855. The van der Waals surface area contributed by atoms with E-state index in [9.17, 15) is 0 Å². The Hall–Kier alpha value is -1.13. The molecule has 2 aromatic rings. The van der Waals surface area contributed by atoms with Gasteiger partial charge in [-0.3, -0.25) is 4.90 Å². The fourth-order valence-corrected chi connectivity index (χ4v) is 4.64. The number of benzene rings is 1. The minimum absolute atomic E-state index is 0.498. The Morgan fingerprint density at radius 3 is 3.00 bits per heavy atom. The second-order valence-corrected chi connectivity index (χ2v) is 7.64. The van der Waals surface area contributed by atoms with Crippen molar-refractivity contribution in [3.8, 4) is 11.3 Å². The lowest BCUT2D eigenvalue weighted by Gasteiger charge is -2.20. The monoisotopic (exact) mass is 343 g/mol. The zero-order chi connectivity index (χ0) is 14.1. The van der Waals surface area contributed by atoms with Crippen LogP contribution >= 0.6 is 15.9 Å². The molecule has 4 heteroatoms. The SMILES string of the molecule is CN1[C@@H]2C[C@@H]2C[C@H]1c1nc2c([nH]1)-c1ccc(Br)cc1CC2. The molecule has 5 rings (SSSR count). The van der Waals surface area contributed by atoms with Crippen LogP contribution in [0.1, 0.15) is 36.0 Å². The average Bonchev–Trinajstić information content (AvgIpc) is 2.99. The van der Waals surface area contributed by atoms with Crippen molar-refractivity contribution in [2.45, 2.75) is 37.8 Å². The molecule has 0 amide bonds. The third kappa shape index (κ3) is 1.78. The van der Waals surface area contributed by atoms with Crippen molar-refractivity contribution in [1.29, 1.82) is 0 Å². The highest BCUT2D eigenvalue weighted by Crippen LogP contribution is 2.52. The number of hydrogen-bond donors (Lipinski definition) is 1. The third-order valence-corrected chi connectivity index (χ3v) is 6.00. The van der Waals surface area contributed by atoms with Crippen molar-refractivity contribution in [3.05, 3.63) is 39.8 Å². The molecule has 21 heavy (non-hydrogen) atoms. The van der Waals surface area contributed by atoms with Gasteiger partial charge in [0.15, 0.2) is 0 Å². The highest BCUT2D eigenvalue weighted by molar-refractivity contribution is 9.10. The Balaban J connectivity index is 1.57. The summed E-state index contributed by atoms with van der Waals surface area (Å²) in [7, 11) is 2.26. The minimum Gasteiger partial charge on any atom is -0.340 e. The Kier molecular flexibility index (Phi) is 2.48. The van der Waals surface area contributed by atoms with Crippen LogP contribution in [0.2, 0.25) is 0 Å². The van der Waals surface area contributed by atoms with Crippen molar-refractivity contribution in [3.63, 3.8) is 0 Å². The number of H-pyrrole nitrogens is 1. The van der Waals surface area contributed by atoms with Gasteiger partial charge < -0.3 is 4.98 Å². The van der Waals surface area contributed by atoms with Crippen LogP contribution in [0, 0.1) is 5.92 Å². The second-order valence-electron chi connectivity index (χ2n) is 6.73. The van der Waals surface area contributed by atoms with E-state index in [0.717, 1.165) is 24.8 Å². The van der Waals surface area contributed by atoms with Crippen LogP contribution < -0.4 is 0 Å². The molecule has 2 heterocycles. The van der Waals surface area contributed by atoms with E-state index in [4.69, 9.17) is 4.98 Å². The summed E-state index contributed by atoms with van der Waals surface area (Å²) >= 11 is 3.58. The van der Waals surface area contributed by atoms with Crippen LogP contribution in [0.5, 0.6) is 0 Å². The van der Waals surface area contributed by atoms with Gasteiger partial charge in [-0.05, 0) is 56.3 Å². The van der Waals surface area contributed by atoms with Crippen LogP contribution in [0.3, 0.4) is 0 Å². The zero-order valence-electron chi connectivity index (χ0n) is 12.1. The van der Waals surface area contributed by atoms with Crippen molar-refractivity contribution >= 4 is 15.9 Å². The van der Waals surface area contributed by atoms with Crippen LogP contribution in [-0.4, -0.2) is 28.0 Å². The van der Waals surface area contributed by atoms with Gasteiger partial charge in [0.05, 0.1) is 17.4 Å². The van der Waals surface area contributed by atoms with Gasteiger partial charge in [-0.1, -0.05) is 22.0 Å². The molecule has 0 unspecified atom stereocenters. The topological polar surface area (TPSA) is 31.9 Å². The molecule has 1 aromatic heterocycles. The first-order chi connectivity index (χ1) is 10.2. The molecule has 1 aromatic carbocycles. The largest absolute Gasteiger partial charge is 0.340 e. The molecule has 1 saturated carbocycles. The number of nitrogens with one attached hydrogen (secondary N) is 1. The average molecular weight is 344 g/mol. The van der Waals surface area contributed by atoms with Gasteiger partial charge in [-0.25, -0.2) is 4.98 Å². The Labute approximate surface area is 132 Å². The first-order valence-corrected chi connectivity index (χ1v) is 8.59. The van der Waals surface area contributed by atoms with E-state index < -0.39 is 0 Å². The predicted molar refractivity (Wildman–Crippen MR) is 86.1 cm³/mol. The maximum absolute atomic E-state index is 4.95. The Morgan fingerprint density at radius 2 is 2.19 bits per heavy atom. The number of imidazole rings is 1. The summed E-state index contributed by atoms with van der Waals surface area (Å²) in [6.45, 7) is 0. The van der Waals surface area contributed by atoms with E-state index in [2.05, 4.69) is 51.1 Å². The summed E-state index contributed by atoms with van der Waals surface area (Å²) in [5.74, 6) is 2.11. The fraction of sp³-hybridized carbons (Fsp3) is 0.471. The molecule has 2 fully saturated rings. The molecule has 1 N–H and O–H groups in total. The summed E-state index contributed by atoms with van der Waals surface area (Å²) in [6.07, 6.45) is 4.82. The summed E-state index contributed by atoms with van der Waals surface area (Å²) in [5.41, 5.74) is 5.28. The molecule has 1 saturated heterocycles. The minimum atomic E-state index is 0.498. The van der Waals surface area contributed by atoms with Gasteiger partial charge in [0.2, 0.25) is 0 Å². The van der Waals surface area contributed by atoms with E-state index in [0.29, 0.717) is 6.04 Å². The summed E-state index contributed by atoms with van der Waals surface area (Å²) < 4.78 is 1.17. The van der Waals surface area contributed by atoms with E-state index >= 15 is 0 Å². The first kappa shape index (κ1) is 12.4. The van der Waals surface area contributed by atoms with Crippen LogP contribution in [0.15, 0.2) is 22.7 Å². The van der Waals surface area contributed by atoms with Crippen molar-refractivity contribution < 1.29 is 0 Å². The van der Waals surface area contributed by atoms with E-state index in [1.54, 1.807) is 0 Å². The second kappa shape index (κ2) is 4.20. The number of hydrogen-bond acceptors (Lipinski definition) is 2. The van der Waals surface area contributed by atoms with Gasteiger partial charge in [-0.2, -0.15) is 0 Å². The number of likely N-dealkylation sites (tertiary alicyclic amines) is 1. The number of aryl methyl sites for hydroxylation is 2. The molecule has 108 valence electrons. The number of aromatic amines is 1. The highest BCUT2D eigenvalue weighted by Gasteiger charge is 2.51. The molecular weight excluding hydrogens is 326 g/mol. The molecular formula is C17H18BrN3. The standard InChI is InChI=1S/C17H18BrN3/c1-21-14-7-10(14)8-15(21)17-19-13-5-2-9-6-11(18)3-4-12(9)16(13)20-17/h3-4,6,10,14-15H,2,5,7-8H2,1H3,(H,19,20)/t10-,14-,15+/m1/s1. The predicted octanol–water partition coefficient (Wildman–Crippen LogP) is 3.70. The lowest BCUT2D eigenvalue weighted by molar-refractivity contribution is 0.264. The van der Waals surface area contributed by atoms with Gasteiger partial charge in [0.1, 0.15) is 5.82 Å². The molecule has 2 aliphatic carbocycles. The molecule has 0 spiro atoms. The lowest BCUT2D eigenvalue weighted by Crippen LogP contribution is -2.22. The fourth-order valence-electron chi connectivity index (χ4n) is 4.23. The number of aromatic nitrogens is 2. The lowest BCUT2D eigenvalue weighted by atomic mass is 9.92. The first-order valence-electron chi connectivity index (χ1n) is 7.80. The molecule has 3 aliphatic rings. The number of piperidine rings is 1. The smallest absolute Gasteiger partial charge is 0.124 e. The maximum atomic E-state index is 4.95. The summed E-state index contributed by atoms with van der Waals surface area (Å²) in [5, 5.41) is 0. The Morgan fingerprint density at radius 1 is 1.29 bits per heavy atom. The molecule has 0 bridgehead atoms. The van der Waals surface area contributed by atoms with Crippen molar-refractivity contribution in [2.75, 3.05) is 7.05 Å². The maximum Gasteiger partial charge on any atom is 0.124 e. The van der Waals surface area contributed by atoms with Gasteiger partial charge >= 0.3 is 0 Å². The van der Waals surface area contributed by atoms with Crippen molar-refractivity contribution in [1.82, 2.24) is 14.9 Å². The molecule has 1 aliphatic heterocycles. The van der Waals surface area contributed by atoms with Crippen LogP contribution in [-0.2, 0) is 12.8 Å². The van der Waals surface area contributed by atoms with Gasteiger partial charge in [-0.15, -0.1) is 0 Å². The molecule has 3 atom stereocenters. The molecule has 0 radical (unpaired) electrons. The van der Waals surface area contributed by atoms with E-state index in [-0.39, 0.29) is 0 Å². The highest BCUT2D eigenvalue weighted by atomic mass is 79.9. The Bertz CT molecular complexity index is 736.